The van der Waals surface area contributed by atoms with Crippen molar-refractivity contribution < 1.29 is 4.79 Å². The van der Waals surface area contributed by atoms with E-state index in [-0.39, 0.29) is 11.3 Å². The van der Waals surface area contributed by atoms with Crippen LogP contribution in [0.25, 0.3) is 10.2 Å². The third kappa shape index (κ3) is 4.10. The molecule has 0 saturated carbocycles. The summed E-state index contributed by atoms with van der Waals surface area (Å²) in [5, 5.41) is 8.60. The first kappa shape index (κ1) is 19.7. The van der Waals surface area contributed by atoms with Crippen LogP contribution < -0.4 is 5.73 Å². The number of carbonyl (C=O) groups excluding carboxylic acids is 1. The molecule has 0 fully saturated rings. The third-order valence-corrected chi connectivity index (χ3v) is 6.25. The van der Waals surface area contributed by atoms with Crippen molar-refractivity contribution in [2.45, 2.75) is 47.0 Å². The van der Waals surface area contributed by atoms with Crippen molar-refractivity contribution in [3.63, 3.8) is 0 Å². The molecule has 0 spiro atoms. The molecule has 0 aromatic carbocycles. The van der Waals surface area contributed by atoms with Gasteiger partial charge in [-0.05, 0) is 48.3 Å². The highest BCUT2D eigenvalue weighted by atomic mass is 32.1. The molecule has 0 atom stereocenters. The molecule has 6 heteroatoms. The van der Waals surface area contributed by atoms with Crippen molar-refractivity contribution in [2.75, 3.05) is 13.6 Å². The Hall–Kier alpha value is -2.08. The van der Waals surface area contributed by atoms with Crippen LogP contribution in [0.15, 0.2) is 23.4 Å². The number of nitrogens with two attached hydrogens (primary N) is 1. The number of hydrogen-bond acceptors (Lipinski definition) is 4. The predicted molar refractivity (Wildman–Crippen MR) is 114 cm³/mol. The Labute approximate surface area is 165 Å². The zero-order chi connectivity index (χ0) is 19.9. The number of rotatable bonds is 5. The fourth-order valence-corrected chi connectivity index (χ4v) is 4.82. The second-order valence-electron chi connectivity index (χ2n) is 8.87. The number of aromatic amines is 1. The summed E-state index contributed by atoms with van der Waals surface area (Å²) in [5.74, 6) is 0.492. The fourth-order valence-electron chi connectivity index (χ4n) is 3.76. The van der Waals surface area contributed by atoms with Crippen molar-refractivity contribution >= 4 is 33.2 Å². The number of nitrogens with zero attached hydrogens (tertiary/aromatic N) is 1. The van der Waals surface area contributed by atoms with Crippen molar-refractivity contribution in [2.24, 2.45) is 17.1 Å². The van der Waals surface area contributed by atoms with Gasteiger partial charge in [0, 0.05) is 19.3 Å². The minimum Gasteiger partial charge on any atom is -0.402 e. The zero-order valence-corrected chi connectivity index (χ0v) is 17.7. The van der Waals surface area contributed by atoms with E-state index in [0.29, 0.717) is 11.6 Å². The SMILES string of the molecule is CC(C)CN(C)C(=O)c1cc2[nH]c(C(=N)C3=C(N)CC(C)(C)CC3)cc2s1. The first-order valence-electron chi connectivity index (χ1n) is 9.52. The lowest BCUT2D eigenvalue weighted by molar-refractivity contribution is 0.0784. The maximum atomic E-state index is 12.6. The van der Waals surface area contributed by atoms with Gasteiger partial charge in [0.05, 0.1) is 26.5 Å². The molecule has 3 rings (SSSR count). The van der Waals surface area contributed by atoms with Crippen molar-refractivity contribution in [1.29, 1.82) is 5.41 Å². The van der Waals surface area contributed by atoms with E-state index >= 15 is 0 Å². The molecule has 0 bridgehead atoms. The Balaban J connectivity index is 1.81. The van der Waals surface area contributed by atoms with Gasteiger partial charge in [0.25, 0.3) is 5.91 Å². The van der Waals surface area contributed by atoms with Crippen LogP contribution in [0.2, 0.25) is 0 Å². The second kappa shape index (κ2) is 7.15. The van der Waals surface area contributed by atoms with E-state index < -0.39 is 0 Å². The van der Waals surface area contributed by atoms with E-state index in [9.17, 15) is 4.79 Å². The maximum absolute atomic E-state index is 12.6. The number of carbonyl (C=O) groups is 1. The molecule has 4 N–H and O–H groups in total. The molecule has 2 heterocycles. The van der Waals surface area contributed by atoms with Gasteiger partial charge < -0.3 is 15.6 Å². The van der Waals surface area contributed by atoms with Gasteiger partial charge in [0.1, 0.15) is 0 Å². The molecule has 2 aromatic heterocycles. The average Bonchev–Trinajstić information content (AvgIpc) is 3.10. The third-order valence-electron chi connectivity index (χ3n) is 5.18. The van der Waals surface area contributed by atoms with Gasteiger partial charge in [0.2, 0.25) is 0 Å². The van der Waals surface area contributed by atoms with Crippen LogP contribution in [-0.2, 0) is 0 Å². The Morgan fingerprint density at radius 3 is 2.70 bits per heavy atom. The minimum absolute atomic E-state index is 0.0522. The number of H-pyrrole nitrogens is 1. The first-order valence-corrected chi connectivity index (χ1v) is 10.3. The van der Waals surface area contributed by atoms with E-state index in [1.54, 1.807) is 4.90 Å². The Kier molecular flexibility index (Phi) is 5.21. The summed E-state index contributed by atoms with van der Waals surface area (Å²) in [7, 11) is 1.84. The predicted octanol–water partition coefficient (Wildman–Crippen LogP) is 4.75. The number of nitrogens with one attached hydrogen (secondary N) is 2. The quantitative estimate of drug-likeness (QED) is 0.648. The maximum Gasteiger partial charge on any atom is 0.263 e. The molecule has 27 heavy (non-hydrogen) atoms. The van der Waals surface area contributed by atoms with E-state index in [0.717, 1.165) is 57.9 Å². The van der Waals surface area contributed by atoms with Gasteiger partial charge in [-0.3, -0.25) is 10.2 Å². The van der Waals surface area contributed by atoms with Crippen LogP contribution in [0.3, 0.4) is 0 Å². The van der Waals surface area contributed by atoms with Crippen molar-refractivity contribution in [1.82, 2.24) is 9.88 Å². The molecular formula is C21H30N4OS. The number of hydrogen-bond donors (Lipinski definition) is 3. The Morgan fingerprint density at radius 1 is 1.41 bits per heavy atom. The largest absolute Gasteiger partial charge is 0.402 e. The van der Waals surface area contributed by atoms with Crippen LogP contribution in [0.1, 0.15) is 62.3 Å². The molecule has 146 valence electrons. The summed E-state index contributed by atoms with van der Waals surface area (Å²) in [6.07, 6.45) is 2.72. The van der Waals surface area contributed by atoms with Crippen LogP contribution >= 0.6 is 11.3 Å². The highest BCUT2D eigenvalue weighted by Gasteiger charge is 2.28. The summed E-state index contributed by atoms with van der Waals surface area (Å²) >= 11 is 1.48. The molecule has 2 aromatic rings. The first-order chi connectivity index (χ1) is 12.6. The second-order valence-corrected chi connectivity index (χ2v) is 9.95. The summed E-state index contributed by atoms with van der Waals surface area (Å²) in [6.45, 7) is 9.39. The Morgan fingerprint density at radius 2 is 2.11 bits per heavy atom. The fraction of sp³-hybridized carbons (Fsp3) is 0.524. The highest BCUT2D eigenvalue weighted by molar-refractivity contribution is 7.20. The van der Waals surface area contributed by atoms with Gasteiger partial charge in [-0.25, -0.2) is 0 Å². The topological polar surface area (TPSA) is 86.0 Å². The van der Waals surface area contributed by atoms with Gasteiger partial charge in [-0.2, -0.15) is 0 Å². The highest BCUT2D eigenvalue weighted by Crippen LogP contribution is 2.38. The zero-order valence-electron chi connectivity index (χ0n) is 16.9. The number of aromatic nitrogens is 1. The molecule has 0 aliphatic heterocycles. The summed E-state index contributed by atoms with van der Waals surface area (Å²) in [5.41, 5.74) is 10.5. The number of allylic oxidation sites excluding steroid dienone is 2. The van der Waals surface area contributed by atoms with E-state index in [1.807, 2.05) is 19.2 Å². The standard InChI is InChI=1S/C21H30N4OS/c1-12(2)11-25(5)20(26)18-8-15-17(27-18)9-16(24-15)19(23)13-6-7-21(3,4)10-14(13)22/h8-9,12,23-24H,6-7,10-11,22H2,1-5H3. The lowest BCUT2D eigenvalue weighted by atomic mass is 9.75. The van der Waals surface area contributed by atoms with E-state index in [1.165, 1.54) is 11.3 Å². The molecule has 0 saturated heterocycles. The number of fused-ring (bicyclic) bond motifs is 1. The van der Waals surface area contributed by atoms with Crippen molar-refractivity contribution in [3.8, 4) is 0 Å². The van der Waals surface area contributed by atoms with Gasteiger partial charge in [0.15, 0.2) is 0 Å². The molecule has 0 unspecified atom stereocenters. The molecule has 1 aliphatic carbocycles. The van der Waals surface area contributed by atoms with Crippen LogP contribution in [0.4, 0.5) is 0 Å². The minimum atomic E-state index is 0.0522. The van der Waals surface area contributed by atoms with Crippen LogP contribution in [-0.4, -0.2) is 35.1 Å². The van der Waals surface area contributed by atoms with E-state index in [2.05, 4.69) is 32.7 Å². The van der Waals surface area contributed by atoms with Gasteiger partial charge in [-0.1, -0.05) is 27.7 Å². The molecule has 1 amide bonds. The van der Waals surface area contributed by atoms with Crippen molar-refractivity contribution in [3.05, 3.63) is 34.0 Å². The Bertz CT molecular complexity index is 884. The lowest BCUT2D eigenvalue weighted by Gasteiger charge is -2.31. The molecule has 5 nitrogen and oxygen atoms in total. The number of amides is 1. The van der Waals surface area contributed by atoms with E-state index in [4.69, 9.17) is 11.1 Å². The number of thiophene rings is 1. The average molecular weight is 387 g/mol. The molecule has 0 radical (unpaired) electrons. The summed E-state index contributed by atoms with van der Waals surface area (Å²) in [6, 6.07) is 3.87. The van der Waals surface area contributed by atoms with Crippen LogP contribution in [0, 0.1) is 16.7 Å². The smallest absolute Gasteiger partial charge is 0.263 e. The summed E-state index contributed by atoms with van der Waals surface area (Å²) < 4.78 is 1.01. The van der Waals surface area contributed by atoms with Gasteiger partial charge >= 0.3 is 0 Å². The monoisotopic (exact) mass is 386 g/mol. The molecule has 1 aliphatic rings. The summed E-state index contributed by atoms with van der Waals surface area (Å²) in [4.78, 5) is 18.4. The lowest BCUT2D eigenvalue weighted by Crippen LogP contribution is -2.29. The molecular weight excluding hydrogens is 356 g/mol. The normalized spacial score (nSPS) is 17.0. The van der Waals surface area contributed by atoms with Gasteiger partial charge in [-0.15, -0.1) is 11.3 Å². The van der Waals surface area contributed by atoms with Crippen LogP contribution in [0.5, 0.6) is 0 Å².